The molecular formula is C15H20N2O3. The number of nitrogens with one attached hydrogen (secondary N) is 2. The number of amides is 2. The number of rotatable bonds is 7. The molecule has 0 saturated heterocycles. The molecule has 0 radical (unpaired) electrons. The molecule has 0 aliphatic rings. The summed E-state index contributed by atoms with van der Waals surface area (Å²) in [6.45, 7) is 7.64. The van der Waals surface area contributed by atoms with Crippen molar-refractivity contribution < 1.29 is 14.3 Å². The van der Waals surface area contributed by atoms with Crippen molar-refractivity contribution >= 4 is 17.5 Å². The fraction of sp³-hybridized carbons (Fsp3) is 0.333. The van der Waals surface area contributed by atoms with Gasteiger partial charge in [0.2, 0.25) is 11.8 Å². The van der Waals surface area contributed by atoms with Gasteiger partial charge in [-0.3, -0.25) is 9.59 Å². The molecule has 1 aromatic rings. The molecule has 5 heteroatoms. The average Bonchev–Trinajstić information content (AvgIpc) is 2.38. The smallest absolute Gasteiger partial charge is 0.233 e. The number of anilines is 1. The van der Waals surface area contributed by atoms with E-state index in [2.05, 4.69) is 17.2 Å². The van der Waals surface area contributed by atoms with Gasteiger partial charge in [-0.25, -0.2) is 0 Å². The van der Waals surface area contributed by atoms with Crippen molar-refractivity contribution in [3.63, 3.8) is 0 Å². The third-order valence-corrected chi connectivity index (χ3v) is 2.29. The van der Waals surface area contributed by atoms with Crippen LogP contribution in [0.5, 0.6) is 5.75 Å². The number of benzene rings is 1. The van der Waals surface area contributed by atoms with Crippen molar-refractivity contribution in [2.24, 2.45) is 0 Å². The zero-order valence-corrected chi connectivity index (χ0v) is 11.8. The molecule has 5 nitrogen and oxygen atoms in total. The molecule has 1 aromatic carbocycles. The first-order chi connectivity index (χ1) is 9.52. The van der Waals surface area contributed by atoms with Crippen LogP contribution in [0.3, 0.4) is 0 Å². The minimum absolute atomic E-state index is 0.00365. The van der Waals surface area contributed by atoms with Crippen LogP contribution < -0.4 is 15.4 Å². The van der Waals surface area contributed by atoms with Crippen molar-refractivity contribution in [1.29, 1.82) is 0 Å². The molecule has 2 amide bonds. The molecule has 0 aliphatic carbocycles. The standard InChI is InChI=1S/C15H20N2O3/c1-4-9-16-14(18)10-15(19)17-12-7-5-6-8-13(12)20-11(2)3/h4-8,11H,1,9-10H2,2-3H3,(H,16,18)(H,17,19). The Morgan fingerprint density at radius 2 is 2.00 bits per heavy atom. The van der Waals surface area contributed by atoms with Gasteiger partial charge in [-0.1, -0.05) is 18.2 Å². The molecule has 0 bridgehead atoms. The summed E-state index contributed by atoms with van der Waals surface area (Å²) in [6, 6.07) is 7.12. The second kappa shape index (κ2) is 7.99. The third kappa shape index (κ3) is 5.56. The molecule has 0 atom stereocenters. The van der Waals surface area contributed by atoms with Crippen LogP contribution in [0.1, 0.15) is 20.3 Å². The number of hydrogen-bond acceptors (Lipinski definition) is 3. The Morgan fingerprint density at radius 3 is 2.65 bits per heavy atom. The average molecular weight is 276 g/mol. The van der Waals surface area contributed by atoms with Gasteiger partial charge in [0.05, 0.1) is 11.8 Å². The fourth-order valence-corrected chi connectivity index (χ4v) is 1.52. The molecule has 20 heavy (non-hydrogen) atoms. The first kappa shape index (κ1) is 15.8. The monoisotopic (exact) mass is 276 g/mol. The minimum atomic E-state index is -0.383. The molecule has 0 saturated carbocycles. The largest absolute Gasteiger partial charge is 0.489 e. The molecular weight excluding hydrogens is 256 g/mol. The van der Waals surface area contributed by atoms with E-state index < -0.39 is 0 Å². The van der Waals surface area contributed by atoms with Gasteiger partial charge in [0.1, 0.15) is 12.2 Å². The Labute approximate surface area is 119 Å². The lowest BCUT2D eigenvalue weighted by Gasteiger charge is -2.14. The predicted octanol–water partition coefficient (Wildman–Crippen LogP) is 2.10. The Hall–Kier alpha value is -2.30. The van der Waals surface area contributed by atoms with E-state index in [0.29, 0.717) is 18.0 Å². The van der Waals surface area contributed by atoms with Crippen LogP contribution in [0.2, 0.25) is 0 Å². The predicted molar refractivity (Wildman–Crippen MR) is 78.7 cm³/mol. The van der Waals surface area contributed by atoms with Gasteiger partial charge in [-0.05, 0) is 26.0 Å². The van der Waals surface area contributed by atoms with Crippen LogP contribution in [0.4, 0.5) is 5.69 Å². The third-order valence-electron chi connectivity index (χ3n) is 2.29. The van der Waals surface area contributed by atoms with Crippen molar-refractivity contribution in [1.82, 2.24) is 5.32 Å². The first-order valence-corrected chi connectivity index (χ1v) is 6.46. The van der Waals surface area contributed by atoms with E-state index in [1.54, 1.807) is 24.3 Å². The summed E-state index contributed by atoms with van der Waals surface area (Å²) in [7, 11) is 0. The van der Waals surface area contributed by atoms with Crippen LogP contribution in [0, 0.1) is 0 Å². The summed E-state index contributed by atoms with van der Waals surface area (Å²) in [5.41, 5.74) is 0.558. The van der Waals surface area contributed by atoms with Crippen molar-refractivity contribution in [2.45, 2.75) is 26.4 Å². The number of carbonyl (C=O) groups is 2. The zero-order chi connectivity index (χ0) is 15.0. The second-order valence-electron chi connectivity index (χ2n) is 4.48. The summed E-state index contributed by atoms with van der Waals surface area (Å²) >= 11 is 0. The molecule has 0 spiro atoms. The normalized spacial score (nSPS) is 9.95. The lowest BCUT2D eigenvalue weighted by Crippen LogP contribution is -2.28. The SMILES string of the molecule is C=CCNC(=O)CC(=O)Nc1ccccc1OC(C)C. The summed E-state index contributed by atoms with van der Waals surface area (Å²) < 4.78 is 5.59. The molecule has 0 aromatic heterocycles. The highest BCUT2D eigenvalue weighted by Gasteiger charge is 2.12. The number of hydrogen-bond donors (Lipinski definition) is 2. The molecule has 108 valence electrons. The van der Waals surface area contributed by atoms with E-state index in [1.807, 2.05) is 19.9 Å². The van der Waals surface area contributed by atoms with Crippen LogP contribution in [-0.4, -0.2) is 24.5 Å². The highest BCUT2D eigenvalue weighted by Crippen LogP contribution is 2.24. The maximum Gasteiger partial charge on any atom is 0.233 e. The van der Waals surface area contributed by atoms with Crippen molar-refractivity contribution in [3.05, 3.63) is 36.9 Å². The zero-order valence-electron chi connectivity index (χ0n) is 11.8. The first-order valence-electron chi connectivity index (χ1n) is 6.46. The Kier molecular flexibility index (Phi) is 6.29. The number of para-hydroxylation sites is 2. The topological polar surface area (TPSA) is 67.4 Å². The summed E-state index contributed by atoms with van der Waals surface area (Å²) in [6.07, 6.45) is 1.33. The minimum Gasteiger partial charge on any atom is -0.489 e. The van der Waals surface area contributed by atoms with Crippen LogP contribution in [-0.2, 0) is 9.59 Å². The highest BCUT2D eigenvalue weighted by atomic mass is 16.5. The van der Waals surface area contributed by atoms with Gasteiger partial charge in [0.25, 0.3) is 0 Å². The summed E-state index contributed by atoms with van der Waals surface area (Å²) in [4.78, 5) is 23.2. The van der Waals surface area contributed by atoms with E-state index in [9.17, 15) is 9.59 Å². The molecule has 1 rings (SSSR count). The molecule has 2 N–H and O–H groups in total. The Bertz CT molecular complexity index is 484. The lowest BCUT2D eigenvalue weighted by molar-refractivity contribution is -0.126. The highest BCUT2D eigenvalue weighted by molar-refractivity contribution is 6.04. The van der Waals surface area contributed by atoms with Crippen LogP contribution in [0.15, 0.2) is 36.9 Å². The van der Waals surface area contributed by atoms with Crippen LogP contribution >= 0.6 is 0 Å². The van der Waals surface area contributed by atoms with Crippen molar-refractivity contribution in [3.8, 4) is 5.75 Å². The van der Waals surface area contributed by atoms with Gasteiger partial charge in [0, 0.05) is 6.54 Å². The van der Waals surface area contributed by atoms with Gasteiger partial charge in [-0.2, -0.15) is 0 Å². The van der Waals surface area contributed by atoms with Gasteiger partial charge in [-0.15, -0.1) is 6.58 Å². The van der Waals surface area contributed by atoms with Gasteiger partial charge >= 0.3 is 0 Å². The van der Waals surface area contributed by atoms with Gasteiger partial charge < -0.3 is 15.4 Å². The summed E-state index contributed by atoms with van der Waals surface area (Å²) in [5.74, 6) is -0.140. The van der Waals surface area contributed by atoms with E-state index >= 15 is 0 Å². The number of carbonyl (C=O) groups excluding carboxylic acids is 2. The second-order valence-corrected chi connectivity index (χ2v) is 4.48. The Balaban J connectivity index is 2.61. The summed E-state index contributed by atoms with van der Waals surface area (Å²) in [5, 5.41) is 5.22. The van der Waals surface area contributed by atoms with E-state index in [-0.39, 0.29) is 24.3 Å². The lowest BCUT2D eigenvalue weighted by atomic mass is 10.2. The van der Waals surface area contributed by atoms with E-state index in [0.717, 1.165) is 0 Å². The quantitative estimate of drug-likeness (QED) is 0.592. The van der Waals surface area contributed by atoms with Crippen molar-refractivity contribution in [2.75, 3.05) is 11.9 Å². The maximum atomic E-state index is 11.8. The maximum absolute atomic E-state index is 11.8. The van der Waals surface area contributed by atoms with E-state index in [4.69, 9.17) is 4.74 Å². The molecule has 0 heterocycles. The van der Waals surface area contributed by atoms with Crippen LogP contribution in [0.25, 0.3) is 0 Å². The fourth-order valence-electron chi connectivity index (χ4n) is 1.52. The van der Waals surface area contributed by atoms with Gasteiger partial charge in [0.15, 0.2) is 0 Å². The number of ether oxygens (including phenoxy) is 1. The Morgan fingerprint density at radius 1 is 1.30 bits per heavy atom. The molecule has 0 aliphatic heterocycles. The van der Waals surface area contributed by atoms with E-state index in [1.165, 1.54) is 0 Å². The molecule has 0 unspecified atom stereocenters. The molecule has 0 fully saturated rings.